The molecule has 0 aliphatic rings. The summed E-state index contributed by atoms with van der Waals surface area (Å²) in [6.45, 7) is 3.07. The molecular formula is C15H22N4O. The quantitative estimate of drug-likeness (QED) is 0.599. The molecule has 2 rings (SSSR count). The number of hydrazine groups is 1. The van der Waals surface area contributed by atoms with Crippen LogP contribution in [-0.4, -0.2) is 16.9 Å². The zero-order chi connectivity index (χ0) is 14.4. The molecule has 1 atom stereocenters. The molecule has 1 aromatic carbocycles. The molecule has 3 N–H and O–H groups in total. The van der Waals surface area contributed by atoms with Crippen molar-refractivity contribution in [2.75, 3.05) is 7.11 Å². The zero-order valence-electron chi connectivity index (χ0n) is 12.0. The van der Waals surface area contributed by atoms with Gasteiger partial charge in [-0.1, -0.05) is 19.1 Å². The summed E-state index contributed by atoms with van der Waals surface area (Å²) in [4.78, 5) is 0. The number of aromatic nitrogens is 2. The number of nitrogens with two attached hydrogens (primary N) is 1. The van der Waals surface area contributed by atoms with Gasteiger partial charge in [0.15, 0.2) is 0 Å². The third-order valence-electron chi connectivity index (χ3n) is 3.31. The van der Waals surface area contributed by atoms with Crippen molar-refractivity contribution in [2.45, 2.75) is 32.4 Å². The summed E-state index contributed by atoms with van der Waals surface area (Å²) >= 11 is 0. The lowest BCUT2D eigenvalue weighted by atomic mass is 10.0. The van der Waals surface area contributed by atoms with Crippen molar-refractivity contribution >= 4 is 0 Å². The Morgan fingerprint density at radius 3 is 2.70 bits per heavy atom. The van der Waals surface area contributed by atoms with Gasteiger partial charge in [-0.2, -0.15) is 5.10 Å². The second-order valence-corrected chi connectivity index (χ2v) is 4.81. The van der Waals surface area contributed by atoms with Gasteiger partial charge in [0.2, 0.25) is 0 Å². The first kappa shape index (κ1) is 14.6. The van der Waals surface area contributed by atoms with E-state index < -0.39 is 0 Å². The molecule has 5 heteroatoms. The molecule has 2 aromatic rings. The number of hydrogen-bond acceptors (Lipinski definition) is 4. The highest BCUT2D eigenvalue weighted by atomic mass is 16.5. The fourth-order valence-electron chi connectivity index (χ4n) is 2.18. The molecule has 5 nitrogen and oxygen atoms in total. The van der Waals surface area contributed by atoms with E-state index in [0.29, 0.717) is 0 Å². The molecule has 0 aliphatic carbocycles. The molecule has 108 valence electrons. The Hall–Kier alpha value is -1.85. The van der Waals surface area contributed by atoms with E-state index in [9.17, 15) is 0 Å². The van der Waals surface area contributed by atoms with Crippen LogP contribution >= 0.6 is 0 Å². The van der Waals surface area contributed by atoms with Crippen LogP contribution in [0.3, 0.4) is 0 Å². The molecule has 0 radical (unpaired) electrons. The van der Waals surface area contributed by atoms with Crippen LogP contribution in [0.4, 0.5) is 0 Å². The molecule has 0 aliphatic heterocycles. The molecule has 1 unspecified atom stereocenters. The average molecular weight is 274 g/mol. The molecule has 0 amide bonds. The average Bonchev–Trinajstić information content (AvgIpc) is 2.94. The van der Waals surface area contributed by atoms with Crippen LogP contribution in [0.2, 0.25) is 0 Å². The highest BCUT2D eigenvalue weighted by Gasteiger charge is 2.12. The maximum absolute atomic E-state index is 5.68. The van der Waals surface area contributed by atoms with Crippen LogP contribution in [-0.2, 0) is 13.0 Å². The minimum absolute atomic E-state index is 0.0639. The number of methoxy groups -OCH3 is 1. The summed E-state index contributed by atoms with van der Waals surface area (Å²) in [5.41, 5.74) is 5.18. The van der Waals surface area contributed by atoms with Crippen molar-refractivity contribution in [1.82, 2.24) is 15.2 Å². The van der Waals surface area contributed by atoms with Crippen molar-refractivity contribution in [3.63, 3.8) is 0 Å². The Morgan fingerprint density at radius 2 is 2.10 bits per heavy atom. The summed E-state index contributed by atoms with van der Waals surface area (Å²) in [7, 11) is 1.67. The highest BCUT2D eigenvalue weighted by molar-refractivity contribution is 5.28. The lowest BCUT2D eigenvalue weighted by Crippen LogP contribution is -2.29. The van der Waals surface area contributed by atoms with Crippen molar-refractivity contribution in [2.24, 2.45) is 5.84 Å². The van der Waals surface area contributed by atoms with E-state index in [1.807, 2.05) is 23.0 Å². The summed E-state index contributed by atoms with van der Waals surface area (Å²) < 4.78 is 7.11. The largest absolute Gasteiger partial charge is 0.497 e. The zero-order valence-corrected chi connectivity index (χ0v) is 12.0. The lowest BCUT2D eigenvalue weighted by molar-refractivity contribution is 0.414. The molecule has 0 fully saturated rings. The predicted octanol–water partition coefficient (Wildman–Crippen LogP) is 2.05. The van der Waals surface area contributed by atoms with Gasteiger partial charge in [0.05, 0.1) is 19.3 Å². The maximum Gasteiger partial charge on any atom is 0.118 e. The number of ether oxygens (including phenoxy) is 1. The Labute approximate surface area is 119 Å². The SMILES string of the molecule is CCCn1cc(C(Cc2ccc(OC)cc2)NN)cn1. The van der Waals surface area contributed by atoms with Crippen LogP contribution in [0.5, 0.6) is 5.75 Å². The second kappa shape index (κ2) is 7.07. The Morgan fingerprint density at radius 1 is 1.35 bits per heavy atom. The molecule has 20 heavy (non-hydrogen) atoms. The van der Waals surface area contributed by atoms with Gasteiger partial charge in [-0.15, -0.1) is 0 Å². The molecule has 0 bridgehead atoms. The molecule has 0 spiro atoms. The van der Waals surface area contributed by atoms with Crippen LogP contribution in [0.1, 0.15) is 30.5 Å². The smallest absolute Gasteiger partial charge is 0.118 e. The normalized spacial score (nSPS) is 12.3. The second-order valence-electron chi connectivity index (χ2n) is 4.81. The van der Waals surface area contributed by atoms with E-state index in [0.717, 1.165) is 30.7 Å². The van der Waals surface area contributed by atoms with Crippen LogP contribution in [0, 0.1) is 0 Å². The van der Waals surface area contributed by atoms with Crippen molar-refractivity contribution in [1.29, 1.82) is 0 Å². The van der Waals surface area contributed by atoms with Gasteiger partial charge in [0.1, 0.15) is 5.75 Å². The van der Waals surface area contributed by atoms with Gasteiger partial charge < -0.3 is 4.74 Å². The fraction of sp³-hybridized carbons (Fsp3) is 0.400. The molecule has 1 heterocycles. The fourth-order valence-corrected chi connectivity index (χ4v) is 2.18. The van der Waals surface area contributed by atoms with E-state index >= 15 is 0 Å². The number of aryl methyl sites for hydroxylation is 1. The summed E-state index contributed by atoms with van der Waals surface area (Å²) in [6.07, 6.45) is 5.82. The molecular weight excluding hydrogens is 252 g/mol. The van der Waals surface area contributed by atoms with Gasteiger partial charge in [-0.05, 0) is 30.5 Å². The van der Waals surface area contributed by atoms with Crippen molar-refractivity contribution in [3.05, 3.63) is 47.8 Å². The van der Waals surface area contributed by atoms with Gasteiger partial charge in [0.25, 0.3) is 0 Å². The monoisotopic (exact) mass is 274 g/mol. The van der Waals surface area contributed by atoms with E-state index in [-0.39, 0.29) is 6.04 Å². The molecule has 0 saturated heterocycles. The summed E-state index contributed by atoms with van der Waals surface area (Å²) in [5.74, 6) is 6.54. The number of benzene rings is 1. The molecule has 1 aromatic heterocycles. The topological polar surface area (TPSA) is 65.1 Å². The van der Waals surface area contributed by atoms with Crippen molar-refractivity contribution in [3.8, 4) is 5.75 Å². The van der Waals surface area contributed by atoms with Crippen LogP contribution < -0.4 is 16.0 Å². The number of rotatable bonds is 7. The Balaban J connectivity index is 2.06. The number of hydrogen-bond donors (Lipinski definition) is 2. The van der Waals surface area contributed by atoms with Gasteiger partial charge in [-0.3, -0.25) is 16.0 Å². The number of nitrogens with zero attached hydrogens (tertiary/aromatic N) is 2. The maximum atomic E-state index is 5.68. The third-order valence-corrected chi connectivity index (χ3v) is 3.31. The Kier molecular flexibility index (Phi) is 5.15. The molecule has 0 saturated carbocycles. The Bertz CT molecular complexity index is 521. The van der Waals surface area contributed by atoms with E-state index in [4.69, 9.17) is 10.6 Å². The van der Waals surface area contributed by atoms with Gasteiger partial charge in [0, 0.05) is 18.3 Å². The lowest BCUT2D eigenvalue weighted by Gasteiger charge is -2.14. The van der Waals surface area contributed by atoms with E-state index in [1.54, 1.807) is 7.11 Å². The van der Waals surface area contributed by atoms with Gasteiger partial charge in [-0.25, -0.2) is 0 Å². The van der Waals surface area contributed by atoms with Crippen molar-refractivity contribution < 1.29 is 4.74 Å². The van der Waals surface area contributed by atoms with Gasteiger partial charge >= 0.3 is 0 Å². The predicted molar refractivity (Wildman–Crippen MR) is 79.3 cm³/mol. The third kappa shape index (κ3) is 3.59. The summed E-state index contributed by atoms with van der Waals surface area (Å²) in [5, 5.41) is 4.34. The van der Waals surface area contributed by atoms with Crippen LogP contribution in [0.15, 0.2) is 36.7 Å². The number of nitrogens with one attached hydrogen (secondary N) is 1. The minimum atomic E-state index is 0.0639. The first-order valence-corrected chi connectivity index (χ1v) is 6.88. The van der Waals surface area contributed by atoms with E-state index in [1.165, 1.54) is 5.56 Å². The minimum Gasteiger partial charge on any atom is -0.497 e. The van der Waals surface area contributed by atoms with Crippen LogP contribution in [0.25, 0.3) is 0 Å². The van der Waals surface area contributed by atoms with E-state index in [2.05, 4.69) is 35.8 Å². The highest BCUT2D eigenvalue weighted by Crippen LogP contribution is 2.19. The first-order chi connectivity index (χ1) is 9.76. The standard InChI is InChI=1S/C15H22N4O/c1-3-8-19-11-13(10-17-19)15(18-16)9-12-4-6-14(20-2)7-5-12/h4-7,10-11,15,18H,3,8-9,16H2,1-2H3. The first-order valence-electron chi connectivity index (χ1n) is 6.88. The summed E-state index contributed by atoms with van der Waals surface area (Å²) in [6, 6.07) is 8.10.